The van der Waals surface area contributed by atoms with E-state index in [4.69, 9.17) is 0 Å². The van der Waals surface area contributed by atoms with Gasteiger partial charge in [0.1, 0.15) is 9.84 Å². The lowest BCUT2D eigenvalue weighted by atomic mass is 9.82. The molecule has 1 aromatic carbocycles. The highest BCUT2D eigenvalue weighted by Crippen LogP contribution is 2.30. The van der Waals surface area contributed by atoms with Gasteiger partial charge in [-0.25, -0.2) is 8.42 Å². The molecule has 0 spiro atoms. The van der Waals surface area contributed by atoms with Crippen molar-refractivity contribution in [2.75, 3.05) is 11.5 Å². The van der Waals surface area contributed by atoms with Crippen LogP contribution >= 0.6 is 0 Å². The van der Waals surface area contributed by atoms with Gasteiger partial charge in [0.25, 0.3) is 0 Å². The second-order valence-corrected chi connectivity index (χ2v) is 8.26. The van der Waals surface area contributed by atoms with Crippen LogP contribution in [0, 0.1) is 12.0 Å². The summed E-state index contributed by atoms with van der Waals surface area (Å²) in [5.41, 5.74) is 1.20. The summed E-state index contributed by atoms with van der Waals surface area (Å²) in [5.74, 6) is 1.60. The molecule has 0 atom stereocenters. The molecule has 1 fully saturated rings. The number of aryl methyl sites for hydroxylation is 1. The van der Waals surface area contributed by atoms with E-state index in [0.29, 0.717) is 11.5 Å². The molecule has 2 rings (SSSR count). The minimum absolute atomic E-state index is 0.328. The van der Waals surface area contributed by atoms with Crippen molar-refractivity contribution >= 4 is 9.84 Å². The molecule has 0 N–H and O–H groups in total. The molecular formula is C17H25O2S. The molecule has 0 saturated heterocycles. The van der Waals surface area contributed by atoms with E-state index in [1.54, 1.807) is 0 Å². The van der Waals surface area contributed by atoms with E-state index in [2.05, 4.69) is 6.07 Å². The van der Waals surface area contributed by atoms with Gasteiger partial charge in [-0.1, -0.05) is 56.4 Å². The number of hydrogen-bond acceptors (Lipinski definition) is 2. The molecule has 0 bridgehead atoms. The Balaban J connectivity index is 1.58. The highest BCUT2D eigenvalue weighted by Gasteiger charge is 2.17. The van der Waals surface area contributed by atoms with Crippen molar-refractivity contribution in [2.45, 2.75) is 51.4 Å². The highest BCUT2D eigenvalue weighted by atomic mass is 32.2. The Bertz CT molecular complexity index is 475. The summed E-state index contributed by atoms with van der Waals surface area (Å²) >= 11 is 0. The largest absolute Gasteiger partial charge is 0.229 e. The number of rotatable bonds is 9. The Morgan fingerprint density at radius 3 is 2.40 bits per heavy atom. The van der Waals surface area contributed by atoms with Crippen LogP contribution < -0.4 is 0 Å². The molecule has 0 aromatic heterocycles. The minimum Gasteiger partial charge on any atom is -0.229 e. The monoisotopic (exact) mass is 293 g/mol. The quantitative estimate of drug-likeness (QED) is 0.649. The van der Waals surface area contributed by atoms with Gasteiger partial charge in [0.05, 0.1) is 11.5 Å². The van der Waals surface area contributed by atoms with Gasteiger partial charge in [0.2, 0.25) is 0 Å². The Kier molecular flexibility index (Phi) is 6.08. The van der Waals surface area contributed by atoms with E-state index in [-0.39, 0.29) is 0 Å². The van der Waals surface area contributed by atoms with E-state index < -0.39 is 9.84 Å². The molecule has 1 saturated carbocycles. The molecule has 1 aromatic rings. The van der Waals surface area contributed by atoms with Gasteiger partial charge in [-0.2, -0.15) is 0 Å². The van der Waals surface area contributed by atoms with Crippen LogP contribution in [-0.2, 0) is 16.3 Å². The second kappa shape index (κ2) is 7.82. The predicted molar refractivity (Wildman–Crippen MR) is 83.4 cm³/mol. The highest BCUT2D eigenvalue weighted by molar-refractivity contribution is 7.91. The zero-order chi connectivity index (χ0) is 14.3. The van der Waals surface area contributed by atoms with Crippen LogP contribution in [0.2, 0.25) is 0 Å². The lowest BCUT2D eigenvalue weighted by Gasteiger charge is -2.24. The van der Waals surface area contributed by atoms with Crippen molar-refractivity contribution in [3.05, 3.63) is 35.9 Å². The van der Waals surface area contributed by atoms with Gasteiger partial charge < -0.3 is 0 Å². The molecule has 0 aliphatic heterocycles. The summed E-state index contributed by atoms with van der Waals surface area (Å²) in [6.45, 7) is 0. The first-order chi connectivity index (χ1) is 9.66. The zero-order valence-electron chi connectivity index (χ0n) is 12.2. The standard InChI is InChI=1S/C17H25O2S/c18-20(19,14-5-4-10-17-11-6-12-17)15-7-13-16-8-2-1-3-9-16/h2-3,8-9,17H,4-7,10-15H2. The maximum Gasteiger partial charge on any atom is 0.150 e. The van der Waals surface area contributed by atoms with Crippen LogP contribution in [0.3, 0.4) is 0 Å². The molecule has 20 heavy (non-hydrogen) atoms. The van der Waals surface area contributed by atoms with E-state index in [1.807, 2.05) is 24.3 Å². The van der Waals surface area contributed by atoms with Gasteiger partial charge in [0.15, 0.2) is 0 Å². The molecule has 0 unspecified atom stereocenters. The third kappa shape index (κ3) is 5.66. The summed E-state index contributed by atoms with van der Waals surface area (Å²) in [7, 11) is -2.85. The van der Waals surface area contributed by atoms with Crippen molar-refractivity contribution in [1.82, 2.24) is 0 Å². The minimum atomic E-state index is -2.85. The SMILES string of the molecule is O=S(=O)(CCCCC1CCC1)CCCc1cc[c]cc1. The van der Waals surface area contributed by atoms with Crippen molar-refractivity contribution < 1.29 is 8.42 Å². The van der Waals surface area contributed by atoms with E-state index in [9.17, 15) is 8.42 Å². The Morgan fingerprint density at radius 2 is 1.75 bits per heavy atom. The van der Waals surface area contributed by atoms with E-state index >= 15 is 0 Å². The number of benzene rings is 1. The normalized spacial score (nSPS) is 16.0. The molecular weight excluding hydrogens is 268 g/mol. The lowest BCUT2D eigenvalue weighted by molar-refractivity contribution is 0.289. The summed E-state index contributed by atoms with van der Waals surface area (Å²) in [6.07, 6.45) is 8.83. The summed E-state index contributed by atoms with van der Waals surface area (Å²) < 4.78 is 23.9. The van der Waals surface area contributed by atoms with Crippen LogP contribution in [-0.4, -0.2) is 19.9 Å². The van der Waals surface area contributed by atoms with Crippen molar-refractivity contribution in [3.63, 3.8) is 0 Å². The smallest absolute Gasteiger partial charge is 0.150 e. The Hall–Kier alpha value is -0.830. The maximum atomic E-state index is 11.9. The summed E-state index contributed by atoms with van der Waals surface area (Å²) in [5, 5.41) is 0. The third-order valence-electron chi connectivity index (χ3n) is 4.25. The third-order valence-corrected chi connectivity index (χ3v) is 6.07. The van der Waals surface area contributed by atoms with Gasteiger partial charge in [0, 0.05) is 0 Å². The molecule has 1 aliphatic rings. The molecule has 1 aliphatic carbocycles. The average molecular weight is 293 g/mol. The number of sulfone groups is 1. The lowest BCUT2D eigenvalue weighted by Crippen LogP contribution is -2.14. The van der Waals surface area contributed by atoms with Crippen LogP contribution in [0.25, 0.3) is 0 Å². The average Bonchev–Trinajstić information content (AvgIpc) is 2.37. The summed E-state index contributed by atoms with van der Waals surface area (Å²) in [4.78, 5) is 0. The second-order valence-electron chi connectivity index (χ2n) is 5.96. The first-order valence-corrected chi connectivity index (χ1v) is 9.63. The van der Waals surface area contributed by atoms with Crippen molar-refractivity contribution in [2.24, 2.45) is 5.92 Å². The molecule has 3 heteroatoms. The Morgan fingerprint density at radius 1 is 1.05 bits per heavy atom. The van der Waals surface area contributed by atoms with Gasteiger partial charge in [-0.05, 0) is 36.8 Å². The fourth-order valence-electron chi connectivity index (χ4n) is 2.72. The zero-order valence-corrected chi connectivity index (χ0v) is 13.0. The molecule has 111 valence electrons. The van der Waals surface area contributed by atoms with Crippen LogP contribution in [0.4, 0.5) is 0 Å². The Labute approximate surface area is 123 Å². The maximum absolute atomic E-state index is 11.9. The predicted octanol–water partition coefficient (Wildman–Crippen LogP) is 3.80. The van der Waals surface area contributed by atoms with Crippen LogP contribution in [0.15, 0.2) is 24.3 Å². The first-order valence-electron chi connectivity index (χ1n) is 7.81. The van der Waals surface area contributed by atoms with Crippen molar-refractivity contribution in [1.29, 1.82) is 0 Å². The molecule has 0 amide bonds. The fraction of sp³-hybridized carbons (Fsp3) is 0.647. The number of unbranched alkanes of at least 4 members (excludes halogenated alkanes) is 1. The van der Waals surface area contributed by atoms with E-state index in [1.165, 1.54) is 31.2 Å². The molecule has 0 heterocycles. The summed E-state index contributed by atoms with van der Waals surface area (Å²) in [6, 6.07) is 10.7. The van der Waals surface area contributed by atoms with Gasteiger partial charge >= 0.3 is 0 Å². The van der Waals surface area contributed by atoms with E-state index in [0.717, 1.165) is 31.6 Å². The molecule has 2 nitrogen and oxygen atoms in total. The van der Waals surface area contributed by atoms with Crippen LogP contribution in [0.1, 0.15) is 50.5 Å². The van der Waals surface area contributed by atoms with Crippen LogP contribution in [0.5, 0.6) is 0 Å². The first kappa shape index (κ1) is 15.6. The number of hydrogen-bond donors (Lipinski definition) is 0. The topological polar surface area (TPSA) is 34.1 Å². The van der Waals surface area contributed by atoms with Gasteiger partial charge in [-0.3, -0.25) is 0 Å². The molecule has 1 radical (unpaired) electrons. The van der Waals surface area contributed by atoms with Gasteiger partial charge in [-0.15, -0.1) is 0 Å². The van der Waals surface area contributed by atoms with Crippen molar-refractivity contribution in [3.8, 4) is 0 Å². The fourth-order valence-corrected chi connectivity index (χ4v) is 4.16.